The first-order valence-corrected chi connectivity index (χ1v) is 10.3. The van der Waals surface area contributed by atoms with Gasteiger partial charge in [-0.15, -0.1) is 0 Å². The molecular formula is C22H42O. The minimum Gasteiger partial charge on any atom is -0.393 e. The molecule has 0 spiro atoms. The van der Waals surface area contributed by atoms with Crippen molar-refractivity contribution in [2.45, 2.75) is 116 Å². The monoisotopic (exact) mass is 322 g/mol. The van der Waals surface area contributed by atoms with Crippen molar-refractivity contribution in [3.8, 4) is 0 Å². The van der Waals surface area contributed by atoms with Crippen molar-refractivity contribution in [1.29, 1.82) is 0 Å². The summed E-state index contributed by atoms with van der Waals surface area (Å²) in [6, 6.07) is 0. The van der Waals surface area contributed by atoms with Crippen LogP contribution in [0.5, 0.6) is 0 Å². The Balaban J connectivity index is 3.13. The zero-order valence-corrected chi connectivity index (χ0v) is 15.9. The number of aliphatic hydroxyl groups is 1. The first kappa shape index (κ1) is 22.4. The van der Waals surface area contributed by atoms with Crippen molar-refractivity contribution < 1.29 is 5.11 Å². The van der Waals surface area contributed by atoms with E-state index in [0.717, 1.165) is 12.8 Å². The summed E-state index contributed by atoms with van der Waals surface area (Å²) in [6.45, 7) is 4.14. The minimum absolute atomic E-state index is 0.111. The third-order valence-corrected chi connectivity index (χ3v) is 4.32. The molecule has 0 aliphatic carbocycles. The third kappa shape index (κ3) is 21.4. The molecule has 0 amide bonds. The van der Waals surface area contributed by atoms with E-state index in [1.54, 1.807) is 0 Å². The molecule has 0 aromatic heterocycles. The second kappa shape index (κ2) is 19.5. The lowest BCUT2D eigenvalue weighted by molar-refractivity contribution is 0.180. The molecule has 1 atom stereocenters. The second-order valence-electron chi connectivity index (χ2n) is 6.93. The Hall–Kier alpha value is -0.560. The van der Waals surface area contributed by atoms with Gasteiger partial charge in [0.25, 0.3) is 0 Å². The molecular weight excluding hydrogens is 280 g/mol. The van der Waals surface area contributed by atoms with Crippen LogP contribution in [-0.2, 0) is 0 Å². The van der Waals surface area contributed by atoms with Crippen molar-refractivity contribution >= 4 is 0 Å². The molecule has 0 aliphatic heterocycles. The van der Waals surface area contributed by atoms with Crippen LogP contribution < -0.4 is 0 Å². The second-order valence-corrected chi connectivity index (χ2v) is 6.93. The van der Waals surface area contributed by atoms with Crippen LogP contribution in [0.25, 0.3) is 0 Å². The Bertz CT molecular complexity index is 265. The smallest absolute Gasteiger partial charge is 0.0512 e. The molecule has 0 fully saturated rings. The van der Waals surface area contributed by atoms with Crippen molar-refractivity contribution in [2.75, 3.05) is 0 Å². The van der Waals surface area contributed by atoms with Crippen LogP contribution in [0.15, 0.2) is 24.3 Å². The molecule has 0 bridgehead atoms. The van der Waals surface area contributed by atoms with E-state index < -0.39 is 0 Å². The number of hydrogen-bond donors (Lipinski definition) is 1. The molecule has 0 aromatic carbocycles. The predicted octanol–water partition coefficient (Wildman–Crippen LogP) is 7.35. The van der Waals surface area contributed by atoms with Gasteiger partial charge in [-0.05, 0) is 45.4 Å². The Kier molecular flexibility index (Phi) is 19.0. The Labute approximate surface area is 146 Å². The average Bonchev–Trinajstić information content (AvgIpc) is 2.53. The fraction of sp³-hybridized carbons (Fsp3) is 0.818. The molecule has 0 heterocycles. The number of allylic oxidation sites excluding steroid dienone is 4. The van der Waals surface area contributed by atoms with Crippen molar-refractivity contribution in [2.24, 2.45) is 0 Å². The molecule has 1 heteroatoms. The molecule has 1 unspecified atom stereocenters. The van der Waals surface area contributed by atoms with Gasteiger partial charge in [-0.1, -0.05) is 89.0 Å². The third-order valence-electron chi connectivity index (χ3n) is 4.32. The highest BCUT2D eigenvalue weighted by Crippen LogP contribution is 2.11. The maximum Gasteiger partial charge on any atom is 0.0512 e. The SMILES string of the molecule is CCCCC/C=C\C/C=C\CCCCCCCCCCC(C)O. The van der Waals surface area contributed by atoms with E-state index in [9.17, 15) is 5.11 Å². The van der Waals surface area contributed by atoms with Gasteiger partial charge in [-0.2, -0.15) is 0 Å². The summed E-state index contributed by atoms with van der Waals surface area (Å²) < 4.78 is 0. The van der Waals surface area contributed by atoms with Gasteiger partial charge < -0.3 is 5.11 Å². The summed E-state index contributed by atoms with van der Waals surface area (Å²) in [7, 11) is 0. The van der Waals surface area contributed by atoms with Gasteiger partial charge >= 0.3 is 0 Å². The van der Waals surface area contributed by atoms with Crippen LogP contribution in [0.1, 0.15) is 110 Å². The molecule has 0 aromatic rings. The van der Waals surface area contributed by atoms with Crippen LogP contribution in [0.4, 0.5) is 0 Å². The van der Waals surface area contributed by atoms with Crippen LogP contribution >= 0.6 is 0 Å². The van der Waals surface area contributed by atoms with E-state index in [-0.39, 0.29) is 6.10 Å². The Morgan fingerprint density at radius 2 is 1.13 bits per heavy atom. The molecule has 0 aliphatic rings. The molecule has 0 rings (SSSR count). The van der Waals surface area contributed by atoms with E-state index in [1.807, 2.05) is 6.92 Å². The lowest BCUT2D eigenvalue weighted by Gasteiger charge is -2.03. The normalized spacial score (nSPS) is 13.3. The number of hydrogen-bond acceptors (Lipinski definition) is 1. The van der Waals surface area contributed by atoms with E-state index in [2.05, 4.69) is 31.2 Å². The summed E-state index contributed by atoms with van der Waals surface area (Å²) in [5.41, 5.74) is 0. The van der Waals surface area contributed by atoms with Gasteiger partial charge in [0.1, 0.15) is 0 Å². The zero-order chi connectivity index (χ0) is 17.0. The fourth-order valence-electron chi connectivity index (χ4n) is 2.78. The summed E-state index contributed by atoms with van der Waals surface area (Å²) in [5, 5.41) is 9.18. The van der Waals surface area contributed by atoms with Gasteiger partial charge in [-0.25, -0.2) is 0 Å². The Morgan fingerprint density at radius 1 is 0.652 bits per heavy atom. The van der Waals surface area contributed by atoms with Gasteiger partial charge in [0, 0.05) is 0 Å². The number of rotatable bonds is 17. The van der Waals surface area contributed by atoms with Crippen molar-refractivity contribution in [1.82, 2.24) is 0 Å². The quantitative estimate of drug-likeness (QED) is 0.219. The highest BCUT2D eigenvalue weighted by atomic mass is 16.3. The van der Waals surface area contributed by atoms with Gasteiger partial charge in [0.05, 0.1) is 6.10 Å². The summed E-state index contributed by atoms with van der Waals surface area (Å²) in [5.74, 6) is 0. The minimum atomic E-state index is -0.111. The van der Waals surface area contributed by atoms with E-state index >= 15 is 0 Å². The van der Waals surface area contributed by atoms with Crippen LogP contribution in [0.2, 0.25) is 0 Å². The molecule has 23 heavy (non-hydrogen) atoms. The number of aliphatic hydroxyl groups excluding tert-OH is 1. The number of unbranched alkanes of at least 4 members (excludes halogenated alkanes) is 11. The standard InChI is InChI=1S/C22H42O/c1-3-4-5-6-7-8-9-10-11-12-13-14-15-16-17-18-19-20-21-22(2)23/h7-8,10-11,22-23H,3-6,9,12-21H2,1-2H3/b8-7-,11-10-. The van der Waals surface area contributed by atoms with Crippen LogP contribution in [0.3, 0.4) is 0 Å². The largest absolute Gasteiger partial charge is 0.393 e. The lowest BCUT2D eigenvalue weighted by atomic mass is 10.1. The van der Waals surface area contributed by atoms with Gasteiger partial charge in [-0.3, -0.25) is 0 Å². The lowest BCUT2D eigenvalue weighted by Crippen LogP contribution is -1.98. The van der Waals surface area contributed by atoms with Crippen molar-refractivity contribution in [3.05, 3.63) is 24.3 Å². The fourth-order valence-corrected chi connectivity index (χ4v) is 2.78. The maximum atomic E-state index is 9.18. The van der Waals surface area contributed by atoms with E-state index in [0.29, 0.717) is 0 Å². The topological polar surface area (TPSA) is 20.2 Å². The average molecular weight is 323 g/mol. The summed E-state index contributed by atoms with van der Waals surface area (Å²) in [4.78, 5) is 0. The Morgan fingerprint density at radius 3 is 1.65 bits per heavy atom. The summed E-state index contributed by atoms with van der Waals surface area (Å²) >= 11 is 0. The van der Waals surface area contributed by atoms with E-state index in [4.69, 9.17) is 0 Å². The highest BCUT2D eigenvalue weighted by Gasteiger charge is 1.95. The molecule has 0 saturated heterocycles. The summed E-state index contributed by atoms with van der Waals surface area (Å²) in [6.07, 6.45) is 28.5. The predicted molar refractivity (Wildman–Crippen MR) is 105 cm³/mol. The first-order valence-electron chi connectivity index (χ1n) is 10.3. The van der Waals surface area contributed by atoms with Crippen molar-refractivity contribution in [3.63, 3.8) is 0 Å². The van der Waals surface area contributed by atoms with E-state index in [1.165, 1.54) is 83.5 Å². The molecule has 1 nitrogen and oxygen atoms in total. The van der Waals surface area contributed by atoms with Gasteiger partial charge in [0.2, 0.25) is 0 Å². The molecule has 136 valence electrons. The molecule has 0 radical (unpaired) electrons. The van der Waals surface area contributed by atoms with Gasteiger partial charge in [0.15, 0.2) is 0 Å². The van der Waals surface area contributed by atoms with Crippen LogP contribution in [0, 0.1) is 0 Å². The molecule has 1 N–H and O–H groups in total. The van der Waals surface area contributed by atoms with Crippen LogP contribution in [-0.4, -0.2) is 11.2 Å². The first-order chi connectivity index (χ1) is 11.3. The zero-order valence-electron chi connectivity index (χ0n) is 15.9. The molecule has 0 saturated carbocycles. The maximum absolute atomic E-state index is 9.18. The highest BCUT2D eigenvalue weighted by molar-refractivity contribution is 4.92.